The van der Waals surface area contributed by atoms with Crippen molar-refractivity contribution < 1.29 is 9.72 Å². The fourth-order valence-corrected chi connectivity index (χ4v) is 2.77. The maximum absolute atomic E-state index is 11.9. The summed E-state index contributed by atoms with van der Waals surface area (Å²) < 4.78 is 0.413. The van der Waals surface area contributed by atoms with E-state index in [9.17, 15) is 14.9 Å². The Bertz CT molecular complexity index is 569. The summed E-state index contributed by atoms with van der Waals surface area (Å²) >= 11 is 3.12. The molecule has 0 atom stereocenters. The van der Waals surface area contributed by atoms with Crippen LogP contribution < -0.4 is 5.43 Å². The molecule has 0 unspecified atom stereocenters. The summed E-state index contributed by atoms with van der Waals surface area (Å²) in [4.78, 5) is 22.2. The molecule has 1 saturated carbocycles. The molecule has 1 amide bonds. The minimum Gasteiger partial charge on any atom is -0.273 e. The fraction of sp³-hybridized carbons (Fsp3) is 0.429. The van der Waals surface area contributed by atoms with Crippen LogP contribution >= 0.6 is 15.9 Å². The van der Waals surface area contributed by atoms with E-state index >= 15 is 0 Å². The Labute approximate surface area is 130 Å². The number of benzene rings is 1. The van der Waals surface area contributed by atoms with E-state index in [4.69, 9.17) is 0 Å². The van der Waals surface area contributed by atoms with E-state index < -0.39 is 4.92 Å². The van der Waals surface area contributed by atoms with E-state index in [1.807, 2.05) is 0 Å². The molecular weight excluding hydrogens is 338 g/mol. The Hall–Kier alpha value is -1.76. The molecule has 0 bridgehead atoms. The van der Waals surface area contributed by atoms with Crippen molar-refractivity contribution >= 4 is 33.7 Å². The largest absolute Gasteiger partial charge is 0.284 e. The van der Waals surface area contributed by atoms with Gasteiger partial charge in [-0.25, -0.2) is 5.43 Å². The van der Waals surface area contributed by atoms with Crippen molar-refractivity contribution in [3.05, 3.63) is 38.3 Å². The lowest BCUT2D eigenvalue weighted by Crippen LogP contribution is -2.28. The summed E-state index contributed by atoms with van der Waals surface area (Å²) in [6.45, 7) is 0. The van der Waals surface area contributed by atoms with Gasteiger partial charge < -0.3 is 0 Å². The van der Waals surface area contributed by atoms with Gasteiger partial charge in [0.15, 0.2) is 0 Å². The van der Waals surface area contributed by atoms with Crippen molar-refractivity contribution in [2.45, 2.75) is 32.1 Å². The summed E-state index contributed by atoms with van der Waals surface area (Å²) in [6, 6.07) is 4.68. The molecule has 0 aliphatic heterocycles. The standard InChI is InChI=1S/C14H16BrN3O3/c15-12-7-6-10(8-13(12)18(20)21)9-16-17-14(19)11-4-2-1-3-5-11/h6-9,11H,1-5H2,(H,17,19)/b16-9-. The Morgan fingerprint density at radius 3 is 2.76 bits per heavy atom. The van der Waals surface area contributed by atoms with Gasteiger partial charge in [0.2, 0.25) is 5.91 Å². The van der Waals surface area contributed by atoms with Gasteiger partial charge in [-0.1, -0.05) is 25.3 Å². The summed E-state index contributed by atoms with van der Waals surface area (Å²) in [6.07, 6.45) is 6.59. The highest BCUT2D eigenvalue weighted by Crippen LogP contribution is 2.25. The van der Waals surface area contributed by atoms with Crippen LogP contribution in [0.15, 0.2) is 27.8 Å². The van der Waals surface area contributed by atoms with Gasteiger partial charge in [-0.3, -0.25) is 14.9 Å². The van der Waals surface area contributed by atoms with Gasteiger partial charge in [0.1, 0.15) is 0 Å². The van der Waals surface area contributed by atoms with Crippen LogP contribution in [0.3, 0.4) is 0 Å². The van der Waals surface area contributed by atoms with Gasteiger partial charge >= 0.3 is 0 Å². The molecule has 1 N–H and O–H groups in total. The third-order valence-electron chi connectivity index (χ3n) is 3.53. The van der Waals surface area contributed by atoms with E-state index in [0.29, 0.717) is 10.0 Å². The molecule has 1 aliphatic carbocycles. The van der Waals surface area contributed by atoms with Crippen LogP contribution in [0.2, 0.25) is 0 Å². The molecule has 0 heterocycles. The number of carbonyl (C=O) groups is 1. The van der Waals surface area contributed by atoms with Crippen LogP contribution in [0, 0.1) is 16.0 Å². The van der Waals surface area contributed by atoms with E-state index in [-0.39, 0.29) is 17.5 Å². The summed E-state index contributed by atoms with van der Waals surface area (Å²) in [5.41, 5.74) is 3.05. The SMILES string of the molecule is O=C(N/N=C\c1ccc(Br)c([N+](=O)[O-])c1)C1CCCCC1. The highest BCUT2D eigenvalue weighted by atomic mass is 79.9. The van der Waals surface area contributed by atoms with Gasteiger partial charge in [-0.15, -0.1) is 0 Å². The third kappa shape index (κ3) is 4.35. The number of nitrogens with zero attached hydrogens (tertiary/aromatic N) is 2. The van der Waals surface area contributed by atoms with Crippen molar-refractivity contribution in [3.8, 4) is 0 Å². The zero-order valence-electron chi connectivity index (χ0n) is 11.4. The van der Waals surface area contributed by atoms with Crippen LogP contribution in [0.1, 0.15) is 37.7 Å². The predicted molar refractivity (Wildman–Crippen MR) is 83.1 cm³/mol. The number of halogens is 1. The van der Waals surface area contributed by atoms with E-state index in [1.165, 1.54) is 18.7 Å². The Morgan fingerprint density at radius 1 is 1.38 bits per heavy atom. The highest BCUT2D eigenvalue weighted by molar-refractivity contribution is 9.10. The first kappa shape index (κ1) is 15.6. The Balaban J connectivity index is 1.96. The van der Waals surface area contributed by atoms with Crippen molar-refractivity contribution in [3.63, 3.8) is 0 Å². The molecule has 0 saturated heterocycles. The van der Waals surface area contributed by atoms with Crippen LogP contribution in [-0.2, 0) is 4.79 Å². The van der Waals surface area contributed by atoms with Crippen molar-refractivity contribution in [2.24, 2.45) is 11.0 Å². The zero-order valence-corrected chi connectivity index (χ0v) is 13.0. The number of amides is 1. The number of hydrazone groups is 1. The maximum atomic E-state index is 11.9. The molecule has 1 aliphatic rings. The Kier molecular flexibility index (Phi) is 5.44. The molecule has 0 aromatic heterocycles. The minimum atomic E-state index is -0.470. The number of carbonyl (C=O) groups excluding carboxylic acids is 1. The lowest BCUT2D eigenvalue weighted by Gasteiger charge is -2.19. The summed E-state index contributed by atoms with van der Waals surface area (Å²) in [5.74, 6) is -0.0345. The normalized spacial score (nSPS) is 16.0. The minimum absolute atomic E-state index is 0.0300. The number of hydrogen-bond donors (Lipinski definition) is 1. The van der Waals surface area contributed by atoms with Gasteiger partial charge in [0, 0.05) is 17.5 Å². The van der Waals surface area contributed by atoms with Gasteiger partial charge in [-0.05, 0) is 34.8 Å². The lowest BCUT2D eigenvalue weighted by molar-refractivity contribution is -0.385. The molecule has 1 aromatic rings. The van der Waals surface area contributed by atoms with Crippen molar-refractivity contribution in [1.29, 1.82) is 0 Å². The molecule has 1 aromatic carbocycles. The quantitative estimate of drug-likeness (QED) is 0.511. The van der Waals surface area contributed by atoms with Gasteiger partial charge in [-0.2, -0.15) is 5.10 Å². The maximum Gasteiger partial charge on any atom is 0.284 e. The number of rotatable bonds is 4. The van der Waals surface area contributed by atoms with E-state index in [2.05, 4.69) is 26.5 Å². The van der Waals surface area contributed by atoms with Crippen LogP contribution in [0.5, 0.6) is 0 Å². The molecular formula is C14H16BrN3O3. The lowest BCUT2D eigenvalue weighted by atomic mass is 9.89. The highest BCUT2D eigenvalue weighted by Gasteiger charge is 2.20. The monoisotopic (exact) mass is 353 g/mol. The fourth-order valence-electron chi connectivity index (χ4n) is 2.38. The average Bonchev–Trinajstić information content (AvgIpc) is 2.49. The molecule has 112 valence electrons. The molecule has 6 nitrogen and oxygen atoms in total. The molecule has 7 heteroatoms. The third-order valence-corrected chi connectivity index (χ3v) is 4.20. The second-order valence-corrected chi connectivity index (χ2v) is 5.89. The predicted octanol–water partition coefficient (Wildman–Crippen LogP) is 3.39. The number of nitrogens with one attached hydrogen (secondary N) is 1. The van der Waals surface area contributed by atoms with Gasteiger partial charge in [0.05, 0.1) is 15.6 Å². The van der Waals surface area contributed by atoms with Gasteiger partial charge in [0.25, 0.3) is 5.69 Å². The number of nitro groups is 1. The molecule has 21 heavy (non-hydrogen) atoms. The topological polar surface area (TPSA) is 84.6 Å². The summed E-state index contributed by atoms with van der Waals surface area (Å²) in [5, 5.41) is 14.7. The van der Waals surface area contributed by atoms with E-state index in [0.717, 1.165) is 25.7 Å². The first-order chi connectivity index (χ1) is 10.1. The first-order valence-corrected chi connectivity index (χ1v) is 7.64. The molecule has 0 radical (unpaired) electrons. The molecule has 2 rings (SSSR count). The molecule has 1 fully saturated rings. The molecule has 0 spiro atoms. The second-order valence-electron chi connectivity index (χ2n) is 5.04. The summed E-state index contributed by atoms with van der Waals surface area (Å²) in [7, 11) is 0. The number of hydrogen-bond acceptors (Lipinski definition) is 4. The van der Waals surface area contributed by atoms with Crippen LogP contribution in [0.25, 0.3) is 0 Å². The van der Waals surface area contributed by atoms with Crippen LogP contribution in [-0.4, -0.2) is 17.0 Å². The van der Waals surface area contributed by atoms with Crippen molar-refractivity contribution in [2.75, 3.05) is 0 Å². The second kappa shape index (κ2) is 7.31. The van der Waals surface area contributed by atoms with Crippen LogP contribution in [0.4, 0.5) is 5.69 Å². The zero-order chi connectivity index (χ0) is 15.2. The van der Waals surface area contributed by atoms with E-state index in [1.54, 1.807) is 12.1 Å². The van der Waals surface area contributed by atoms with Crippen molar-refractivity contribution in [1.82, 2.24) is 5.43 Å². The number of nitro benzene ring substituents is 1. The average molecular weight is 354 g/mol. The first-order valence-electron chi connectivity index (χ1n) is 6.85. The Morgan fingerprint density at radius 2 is 2.10 bits per heavy atom. The smallest absolute Gasteiger partial charge is 0.273 e.